The lowest BCUT2D eigenvalue weighted by Crippen LogP contribution is -2.37. The Kier molecular flexibility index (Phi) is 7.20. The summed E-state index contributed by atoms with van der Waals surface area (Å²) in [4.78, 5) is 0. The van der Waals surface area contributed by atoms with Crippen LogP contribution >= 0.6 is 23.2 Å². The Hall–Kier alpha value is -0.560. The molecule has 1 N–H and O–H groups in total. The second-order valence-corrected chi connectivity index (χ2v) is 5.28. The maximum atomic E-state index is 12.7. The molecule has 0 aliphatic rings. The summed E-state index contributed by atoms with van der Waals surface area (Å²) in [5, 5.41) is 3.74. The Morgan fingerprint density at radius 3 is 2.29 bits per heavy atom. The van der Waals surface area contributed by atoms with Crippen LogP contribution in [0.3, 0.4) is 0 Å². The summed E-state index contributed by atoms with van der Waals surface area (Å²) < 4.78 is 54.1. The zero-order valence-corrected chi connectivity index (χ0v) is 12.7. The highest BCUT2D eigenvalue weighted by Crippen LogP contribution is 2.26. The van der Waals surface area contributed by atoms with Gasteiger partial charge in [-0.05, 0) is 31.2 Å². The third-order valence-corrected chi connectivity index (χ3v) is 3.56. The number of hydrogen-bond donors (Lipinski definition) is 1. The molecule has 0 aromatic heterocycles. The fourth-order valence-electron chi connectivity index (χ4n) is 1.62. The highest BCUT2D eigenvalue weighted by molar-refractivity contribution is 6.35. The van der Waals surface area contributed by atoms with Gasteiger partial charge in [-0.2, -0.15) is 8.78 Å². The number of halogens is 6. The molecule has 1 rings (SSSR count). The number of hydrogen-bond acceptors (Lipinski definition) is 2. The largest absolute Gasteiger partial charge is 0.373 e. The van der Waals surface area contributed by atoms with Crippen molar-refractivity contribution >= 4 is 23.2 Å². The number of rotatable bonds is 8. The summed E-state index contributed by atoms with van der Waals surface area (Å²) >= 11 is 12.0. The van der Waals surface area contributed by atoms with Crippen LogP contribution in [0.25, 0.3) is 0 Å². The first-order valence-corrected chi connectivity index (χ1v) is 6.87. The number of alkyl halides is 4. The smallest absolute Gasteiger partial charge is 0.330 e. The molecule has 0 aliphatic carbocycles. The van der Waals surface area contributed by atoms with Gasteiger partial charge in [0.2, 0.25) is 0 Å². The highest BCUT2D eigenvalue weighted by Gasteiger charge is 2.41. The lowest BCUT2D eigenvalue weighted by Gasteiger charge is -2.20. The zero-order chi connectivity index (χ0) is 16.0. The van der Waals surface area contributed by atoms with E-state index in [4.69, 9.17) is 23.2 Å². The van der Waals surface area contributed by atoms with E-state index >= 15 is 0 Å². The second-order valence-electron chi connectivity index (χ2n) is 4.47. The summed E-state index contributed by atoms with van der Waals surface area (Å²) in [5.74, 6) is -4.15. The molecule has 0 saturated heterocycles. The summed E-state index contributed by atoms with van der Waals surface area (Å²) in [6, 6.07) is 4.61. The van der Waals surface area contributed by atoms with Crippen molar-refractivity contribution in [3.05, 3.63) is 33.8 Å². The molecular formula is C13H15Cl2F4NO. The maximum Gasteiger partial charge on any atom is 0.330 e. The van der Waals surface area contributed by atoms with Crippen LogP contribution < -0.4 is 5.32 Å². The molecule has 8 heteroatoms. The molecule has 1 unspecified atom stereocenters. The number of likely N-dealkylation sites (N-methyl/N-ethyl adjacent to an activating group) is 1. The van der Waals surface area contributed by atoms with Gasteiger partial charge in [-0.3, -0.25) is 0 Å². The first-order chi connectivity index (χ1) is 9.77. The number of nitrogens with one attached hydrogen (secondary N) is 1. The maximum absolute atomic E-state index is 12.7. The van der Waals surface area contributed by atoms with Gasteiger partial charge in [-0.25, -0.2) is 8.78 Å². The van der Waals surface area contributed by atoms with Gasteiger partial charge >= 0.3 is 12.3 Å². The lowest BCUT2D eigenvalue weighted by molar-refractivity contribution is -0.166. The molecule has 0 saturated carbocycles. The molecule has 0 spiro atoms. The van der Waals surface area contributed by atoms with Crippen molar-refractivity contribution in [2.45, 2.75) is 24.8 Å². The molecule has 2 nitrogen and oxygen atoms in total. The second kappa shape index (κ2) is 8.17. The van der Waals surface area contributed by atoms with E-state index in [2.05, 4.69) is 10.1 Å². The SMILES string of the molecule is CNC(COCC(F)(F)C(F)F)Cc1c(Cl)cccc1Cl. The average molecular weight is 348 g/mol. The van der Waals surface area contributed by atoms with Crippen LogP contribution in [0.4, 0.5) is 17.6 Å². The fraction of sp³-hybridized carbons (Fsp3) is 0.538. The Labute approximate surface area is 130 Å². The molecule has 0 fully saturated rings. The fourth-order valence-corrected chi connectivity index (χ4v) is 2.17. The van der Waals surface area contributed by atoms with Gasteiger partial charge in [0.1, 0.15) is 6.61 Å². The summed E-state index contributed by atoms with van der Waals surface area (Å²) in [7, 11) is 1.60. The van der Waals surface area contributed by atoms with Crippen molar-refractivity contribution in [2.75, 3.05) is 20.3 Å². The minimum atomic E-state index is -4.15. The monoisotopic (exact) mass is 347 g/mol. The lowest BCUT2D eigenvalue weighted by atomic mass is 10.1. The van der Waals surface area contributed by atoms with Gasteiger partial charge in [-0.15, -0.1) is 0 Å². The van der Waals surface area contributed by atoms with Crippen molar-refractivity contribution in [1.82, 2.24) is 5.32 Å². The van der Waals surface area contributed by atoms with E-state index in [1.54, 1.807) is 25.2 Å². The van der Waals surface area contributed by atoms with Crippen LogP contribution in [-0.2, 0) is 11.2 Å². The zero-order valence-electron chi connectivity index (χ0n) is 11.2. The number of benzene rings is 1. The van der Waals surface area contributed by atoms with Crippen LogP contribution in [0.15, 0.2) is 18.2 Å². The van der Waals surface area contributed by atoms with Gasteiger partial charge in [-0.1, -0.05) is 29.3 Å². The van der Waals surface area contributed by atoms with Gasteiger partial charge in [0.05, 0.1) is 6.61 Å². The molecule has 21 heavy (non-hydrogen) atoms. The number of ether oxygens (including phenoxy) is 1. The van der Waals surface area contributed by atoms with Crippen molar-refractivity contribution in [2.24, 2.45) is 0 Å². The molecule has 0 heterocycles. The molecule has 0 aliphatic heterocycles. The Bertz CT molecular complexity index is 440. The van der Waals surface area contributed by atoms with Crippen molar-refractivity contribution in [1.29, 1.82) is 0 Å². The Morgan fingerprint density at radius 2 is 1.81 bits per heavy atom. The molecule has 1 aromatic carbocycles. The van der Waals surface area contributed by atoms with Crippen LogP contribution in [0.2, 0.25) is 10.0 Å². The average Bonchev–Trinajstić information content (AvgIpc) is 2.40. The first kappa shape index (κ1) is 18.5. The van der Waals surface area contributed by atoms with Crippen LogP contribution in [0, 0.1) is 0 Å². The topological polar surface area (TPSA) is 21.3 Å². The van der Waals surface area contributed by atoms with Gasteiger partial charge in [0.15, 0.2) is 0 Å². The van der Waals surface area contributed by atoms with E-state index in [0.29, 0.717) is 22.0 Å². The minimum absolute atomic E-state index is 0.166. The van der Waals surface area contributed by atoms with E-state index < -0.39 is 19.0 Å². The predicted molar refractivity (Wildman–Crippen MR) is 74.8 cm³/mol. The normalized spacial score (nSPS) is 13.7. The Morgan fingerprint density at radius 1 is 1.24 bits per heavy atom. The van der Waals surface area contributed by atoms with Crippen LogP contribution in [0.1, 0.15) is 5.56 Å². The molecule has 0 amide bonds. The first-order valence-electron chi connectivity index (χ1n) is 6.11. The van der Waals surface area contributed by atoms with Crippen molar-refractivity contribution < 1.29 is 22.3 Å². The van der Waals surface area contributed by atoms with Gasteiger partial charge in [0, 0.05) is 16.1 Å². The van der Waals surface area contributed by atoms with Crippen molar-refractivity contribution in [3.8, 4) is 0 Å². The third-order valence-electron chi connectivity index (χ3n) is 2.85. The summed E-state index contributed by atoms with van der Waals surface area (Å²) in [6.45, 7) is -1.50. The molecule has 120 valence electrons. The minimum Gasteiger partial charge on any atom is -0.373 e. The molecule has 0 bridgehead atoms. The van der Waals surface area contributed by atoms with Crippen molar-refractivity contribution in [3.63, 3.8) is 0 Å². The summed E-state index contributed by atoms with van der Waals surface area (Å²) in [6.07, 6.45) is -3.42. The summed E-state index contributed by atoms with van der Waals surface area (Å²) in [5.41, 5.74) is 0.643. The molecule has 1 atom stereocenters. The van der Waals surface area contributed by atoms with Crippen LogP contribution in [-0.4, -0.2) is 38.7 Å². The molecular weight excluding hydrogens is 333 g/mol. The van der Waals surface area contributed by atoms with E-state index in [1.165, 1.54) is 0 Å². The molecule has 0 radical (unpaired) electrons. The third kappa shape index (κ3) is 5.62. The van der Waals surface area contributed by atoms with Gasteiger partial charge in [0.25, 0.3) is 0 Å². The van der Waals surface area contributed by atoms with E-state index in [1.807, 2.05) is 0 Å². The van der Waals surface area contributed by atoms with E-state index in [-0.39, 0.29) is 12.6 Å². The van der Waals surface area contributed by atoms with E-state index in [9.17, 15) is 17.6 Å². The van der Waals surface area contributed by atoms with Crippen LogP contribution in [0.5, 0.6) is 0 Å². The van der Waals surface area contributed by atoms with Gasteiger partial charge < -0.3 is 10.1 Å². The highest BCUT2D eigenvalue weighted by atomic mass is 35.5. The standard InChI is InChI=1S/C13H15Cl2F4NO/c1-20-8(6-21-7-13(18,19)12(16)17)5-9-10(14)3-2-4-11(9)15/h2-4,8,12,20H,5-7H2,1H3. The predicted octanol–water partition coefficient (Wildman–Crippen LogP) is 4.04. The Balaban J connectivity index is 2.57. The quantitative estimate of drug-likeness (QED) is 0.716. The molecule has 1 aromatic rings. The van der Waals surface area contributed by atoms with E-state index in [0.717, 1.165) is 0 Å².